The van der Waals surface area contributed by atoms with E-state index >= 15 is 0 Å². The summed E-state index contributed by atoms with van der Waals surface area (Å²) >= 11 is 3.35. The number of allylic oxidation sites excluding steroid dienone is 1. The van der Waals surface area contributed by atoms with Gasteiger partial charge in [0, 0.05) is 5.56 Å². The highest BCUT2D eigenvalue weighted by atomic mass is 79.9. The van der Waals surface area contributed by atoms with Crippen molar-refractivity contribution < 1.29 is 9.90 Å². The van der Waals surface area contributed by atoms with E-state index in [1.165, 1.54) is 0 Å². The van der Waals surface area contributed by atoms with Crippen LogP contribution in [-0.2, 0) is 4.79 Å². The Morgan fingerprint density at radius 3 is 2.45 bits per heavy atom. The van der Waals surface area contributed by atoms with E-state index < -0.39 is 0 Å². The molecule has 0 aliphatic carbocycles. The van der Waals surface area contributed by atoms with Gasteiger partial charge in [-0.2, -0.15) is 0 Å². The monoisotopic (exact) mass is 330 g/mol. The molecule has 0 aliphatic heterocycles. The minimum atomic E-state index is 0.149. The first-order chi connectivity index (χ1) is 9.54. The lowest BCUT2D eigenvalue weighted by Crippen LogP contribution is -1.95. The lowest BCUT2D eigenvalue weighted by atomic mass is 9.92. The molecule has 20 heavy (non-hydrogen) atoms. The molecule has 0 fully saturated rings. The second kappa shape index (κ2) is 6.06. The third-order valence-corrected chi connectivity index (χ3v) is 3.72. The van der Waals surface area contributed by atoms with E-state index in [-0.39, 0.29) is 5.75 Å². The molecular formula is C17H15BrO2. The molecule has 0 aromatic heterocycles. The predicted octanol–water partition coefficient (Wildman–Crippen LogP) is 4.48. The normalized spacial score (nSPS) is 11.9. The van der Waals surface area contributed by atoms with Crippen molar-refractivity contribution in [1.29, 1.82) is 0 Å². The van der Waals surface area contributed by atoms with Crippen molar-refractivity contribution in [2.45, 2.75) is 13.8 Å². The summed E-state index contributed by atoms with van der Waals surface area (Å²) in [6.45, 7) is 3.71. The summed E-state index contributed by atoms with van der Waals surface area (Å²) in [7, 11) is 0. The molecule has 3 heteroatoms. The van der Waals surface area contributed by atoms with E-state index in [0.717, 1.165) is 23.0 Å². The van der Waals surface area contributed by atoms with E-state index in [0.29, 0.717) is 15.6 Å². The Bertz CT molecular complexity index is 673. The summed E-state index contributed by atoms with van der Waals surface area (Å²) in [5, 5.41) is 10.3. The number of carbonyl (C=O) groups excluding carboxylic acids is 1. The van der Waals surface area contributed by atoms with E-state index in [9.17, 15) is 9.90 Å². The zero-order valence-corrected chi connectivity index (χ0v) is 12.9. The molecule has 2 rings (SSSR count). The maximum atomic E-state index is 11.2. The lowest BCUT2D eigenvalue weighted by molar-refractivity contribution is -0.104. The van der Waals surface area contributed by atoms with Gasteiger partial charge < -0.3 is 5.11 Å². The van der Waals surface area contributed by atoms with Crippen LogP contribution in [0.2, 0.25) is 0 Å². The number of phenolic OH excluding ortho intramolecular Hbond substituents is 1. The first-order valence-corrected chi connectivity index (χ1v) is 7.05. The molecule has 0 saturated carbocycles. The van der Waals surface area contributed by atoms with Gasteiger partial charge in [0.15, 0.2) is 0 Å². The molecule has 0 atom stereocenters. The summed E-state index contributed by atoms with van der Waals surface area (Å²) in [4.78, 5) is 11.2. The third-order valence-electron chi connectivity index (χ3n) is 3.11. The van der Waals surface area contributed by atoms with Gasteiger partial charge in [-0.3, -0.25) is 4.79 Å². The number of benzene rings is 2. The van der Waals surface area contributed by atoms with Gasteiger partial charge in [-0.25, -0.2) is 0 Å². The molecule has 102 valence electrons. The Labute approximate surface area is 126 Å². The fourth-order valence-electron chi connectivity index (χ4n) is 2.18. The van der Waals surface area contributed by atoms with Crippen molar-refractivity contribution in [2.24, 2.45) is 0 Å². The number of aryl methyl sites for hydroxylation is 1. The second-order valence-corrected chi connectivity index (χ2v) is 5.54. The number of aromatic hydroxyl groups is 1. The van der Waals surface area contributed by atoms with Crippen molar-refractivity contribution in [3.05, 3.63) is 69.2 Å². The molecule has 0 unspecified atom stereocenters. The highest BCUT2D eigenvalue weighted by molar-refractivity contribution is 9.10. The minimum Gasteiger partial charge on any atom is -0.506 e. The minimum absolute atomic E-state index is 0.149. The Morgan fingerprint density at radius 2 is 1.85 bits per heavy atom. The van der Waals surface area contributed by atoms with Gasteiger partial charge in [0.1, 0.15) is 12.0 Å². The molecule has 0 spiro atoms. The predicted molar refractivity (Wildman–Crippen MR) is 84.7 cm³/mol. The van der Waals surface area contributed by atoms with Crippen LogP contribution in [0.15, 0.2) is 52.5 Å². The van der Waals surface area contributed by atoms with Crippen LogP contribution in [0.3, 0.4) is 0 Å². The fraction of sp³-hybridized carbons (Fsp3) is 0.118. The molecule has 2 aromatic rings. The van der Waals surface area contributed by atoms with Gasteiger partial charge in [-0.15, -0.1) is 0 Å². The summed E-state index contributed by atoms with van der Waals surface area (Å²) in [5.41, 5.74) is 3.92. The Hall–Kier alpha value is -1.87. The highest BCUT2D eigenvalue weighted by Gasteiger charge is 2.15. The highest BCUT2D eigenvalue weighted by Crippen LogP contribution is 2.37. The van der Waals surface area contributed by atoms with Gasteiger partial charge in [0.05, 0.1) is 4.47 Å². The van der Waals surface area contributed by atoms with E-state index in [4.69, 9.17) is 0 Å². The maximum Gasteiger partial charge on any atom is 0.146 e. The van der Waals surface area contributed by atoms with Crippen LogP contribution in [0.25, 0.3) is 5.57 Å². The maximum absolute atomic E-state index is 11.2. The summed E-state index contributed by atoms with van der Waals surface area (Å²) in [5.74, 6) is 0.149. The van der Waals surface area contributed by atoms with Crippen molar-refractivity contribution in [1.82, 2.24) is 0 Å². The molecule has 0 heterocycles. The van der Waals surface area contributed by atoms with Crippen LogP contribution < -0.4 is 0 Å². The van der Waals surface area contributed by atoms with Crippen LogP contribution >= 0.6 is 15.9 Å². The summed E-state index contributed by atoms with van der Waals surface area (Å²) < 4.78 is 0.625. The smallest absolute Gasteiger partial charge is 0.146 e. The van der Waals surface area contributed by atoms with Gasteiger partial charge in [-0.05, 0) is 64.2 Å². The van der Waals surface area contributed by atoms with Crippen molar-refractivity contribution in [3.8, 4) is 5.75 Å². The number of halogens is 1. The summed E-state index contributed by atoms with van der Waals surface area (Å²) in [6, 6.07) is 13.3. The zero-order valence-electron chi connectivity index (χ0n) is 11.4. The largest absolute Gasteiger partial charge is 0.506 e. The van der Waals surface area contributed by atoms with Crippen molar-refractivity contribution >= 4 is 27.8 Å². The lowest BCUT2D eigenvalue weighted by Gasteiger charge is -2.14. The first kappa shape index (κ1) is 14.5. The Balaban J connectivity index is 2.76. The molecule has 0 radical (unpaired) electrons. The number of rotatable bonds is 3. The molecule has 1 N–H and O–H groups in total. The summed E-state index contributed by atoms with van der Waals surface area (Å²) in [6.07, 6.45) is 0.817. The van der Waals surface area contributed by atoms with Crippen LogP contribution in [-0.4, -0.2) is 11.4 Å². The molecule has 0 bridgehead atoms. The first-order valence-electron chi connectivity index (χ1n) is 6.25. The molecule has 2 nitrogen and oxygen atoms in total. The van der Waals surface area contributed by atoms with Gasteiger partial charge >= 0.3 is 0 Å². The quantitative estimate of drug-likeness (QED) is 0.665. The average Bonchev–Trinajstić information content (AvgIpc) is 2.45. The van der Waals surface area contributed by atoms with E-state index in [2.05, 4.69) is 15.9 Å². The number of aldehydes is 1. The number of phenols is 1. The molecule has 2 aromatic carbocycles. The molecule has 0 amide bonds. The second-order valence-electron chi connectivity index (χ2n) is 4.68. The van der Waals surface area contributed by atoms with E-state index in [1.807, 2.05) is 49.4 Å². The Morgan fingerprint density at radius 1 is 1.20 bits per heavy atom. The SMILES string of the molecule is C/C(C=O)=C(/c1ccccc1)c1cc(C)cc(Br)c1O. The van der Waals surface area contributed by atoms with Crippen molar-refractivity contribution in [3.63, 3.8) is 0 Å². The number of hydrogen-bond donors (Lipinski definition) is 1. The third kappa shape index (κ3) is 2.83. The average molecular weight is 331 g/mol. The van der Waals surface area contributed by atoms with Crippen LogP contribution in [0.1, 0.15) is 23.6 Å². The number of hydrogen-bond acceptors (Lipinski definition) is 2. The van der Waals surface area contributed by atoms with Crippen LogP contribution in [0.4, 0.5) is 0 Å². The molecular weight excluding hydrogens is 316 g/mol. The van der Waals surface area contributed by atoms with Crippen LogP contribution in [0.5, 0.6) is 5.75 Å². The molecule has 0 saturated heterocycles. The topological polar surface area (TPSA) is 37.3 Å². The fourth-order valence-corrected chi connectivity index (χ4v) is 2.76. The Kier molecular flexibility index (Phi) is 4.40. The molecule has 0 aliphatic rings. The standard InChI is InChI=1S/C17H15BrO2/c1-11-8-14(17(20)15(18)9-11)16(12(2)10-19)13-6-4-3-5-7-13/h3-10,20H,1-2H3/b16-12+. The zero-order chi connectivity index (χ0) is 14.7. The van der Waals surface area contributed by atoms with Gasteiger partial charge in [-0.1, -0.05) is 30.3 Å². The van der Waals surface area contributed by atoms with Crippen LogP contribution in [0, 0.1) is 6.92 Å². The van der Waals surface area contributed by atoms with Gasteiger partial charge in [0.25, 0.3) is 0 Å². The van der Waals surface area contributed by atoms with Crippen molar-refractivity contribution in [2.75, 3.05) is 0 Å². The van der Waals surface area contributed by atoms with Gasteiger partial charge in [0.2, 0.25) is 0 Å². The number of carbonyl (C=O) groups is 1. The van der Waals surface area contributed by atoms with E-state index in [1.54, 1.807) is 6.92 Å².